The third-order valence-corrected chi connectivity index (χ3v) is 3.28. The summed E-state index contributed by atoms with van der Waals surface area (Å²) in [5.74, 6) is -1.93. The molecule has 0 spiro atoms. The lowest BCUT2D eigenvalue weighted by atomic mass is 10.0. The third-order valence-electron chi connectivity index (χ3n) is 3.28. The summed E-state index contributed by atoms with van der Waals surface area (Å²) in [6, 6.07) is 7.62. The van der Waals surface area contributed by atoms with Crippen molar-refractivity contribution in [3.63, 3.8) is 0 Å². The van der Waals surface area contributed by atoms with Gasteiger partial charge in [0, 0.05) is 6.42 Å². The van der Waals surface area contributed by atoms with E-state index in [-0.39, 0.29) is 6.42 Å². The molecule has 0 aliphatic rings. The zero-order valence-corrected chi connectivity index (χ0v) is 16.8. The Morgan fingerprint density at radius 1 is 0.963 bits per heavy atom. The fourth-order valence-electron chi connectivity index (χ4n) is 2.30. The molecule has 7 nitrogen and oxygen atoms in total. The summed E-state index contributed by atoms with van der Waals surface area (Å²) in [5.41, 5.74) is -0.865. The summed E-state index contributed by atoms with van der Waals surface area (Å²) in [6.07, 6.45) is -0.838. The van der Waals surface area contributed by atoms with E-state index < -0.39 is 41.8 Å². The van der Waals surface area contributed by atoms with E-state index in [2.05, 4.69) is 0 Å². The number of carboxylic acid groups (broad SMARTS) is 1. The van der Waals surface area contributed by atoms with Crippen LogP contribution in [0, 0.1) is 0 Å². The predicted octanol–water partition coefficient (Wildman–Crippen LogP) is 3.26. The Balaban J connectivity index is 3.12. The van der Waals surface area contributed by atoms with Crippen molar-refractivity contribution in [2.45, 2.75) is 65.2 Å². The van der Waals surface area contributed by atoms with Crippen molar-refractivity contribution in [2.24, 2.45) is 0 Å². The zero-order valence-electron chi connectivity index (χ0n) is 16.8. The molecule has 0 radical (unpaired) electrons. The summed E-state index contributed by atoms with van der Waals surface area (Å²) in [5, 5.41) is 9.70. The molecule has 150 valence electrons. The Labute approximate surface area is 160 Å². The van der Waals surface area contributed by atoms with E-state index in [0.717, 1.165) is 10.5 Å². The van der Waals surface area contributed by atoms with Crippen LogP contribution in [0.2, 0.25) is 0 Å². The average Bonchev–Trinajstić information content (AvgIpc) is 2.48. The van der Waals surface area contributed by atoms with Crippen LogP contribution in [0.25, 0.3) is 0 Å². The lowest BCUT2D eigenvalue weighted by Crippen LogP contribution is -2.51. The second-order valence-electron chi connectivity index (χ2n) is 8.24. The Kier molecular flexibility index (Phi) is 7.39. The quantitative estimate of drug-likeness (QED) is 0.763. The van der Waals surface area contributed by atoms with Gasteiger partial charge in [0.05, 0.1) is 0 Å². The number of ether oxygens (including phenoxy) is 2. The van der Waals surface area contributed by atoms with Gasteiger partial charge in [0.25, 0.3) is 0 Å². The first kappa shape index (κ1) is 22.5. The lowest BCUT2D eigenvalue weighted by Gasteiger charge is -2.31. The van der Waals surface area contributed by atoms with Gasteiger partial charge in [-0.3, -0.25) is 9.69 Å². The van der Waals surface area contributed by atoms with E-state index in [1.165, 1.54) is 0 Å². The van der Waals surface area contributed by atoms with Crippen LogP contribution in [0.5, 0.6) is 0 Å². The minimum absolute atomic E-state index is 0.0399. The first-order chi connectivity index (χ1) is 12.3. The summed E-state index contributed by atoms with van der Waals surface area (Å²) in [6.45, 7) is 9.58. The first-order valence-electron chi connectivity index (χ1n) is 8.77. The molecule has 1 aromatic carbocycles. The Bertz CT molecular complexity index is 657. The van der Waals surface area contributed by atoms with Crippen LogP contribution in [0.15, 0.2) is 30.3 Å². The molecule has 0 saturated heterocycles. The van der Waals surface area contributed by atoms with Gasteiger partial charge < -0.3 is 14.6 Å². The highest BCUT2D eigenvalue weighted by molar-refractivity contribution is 5.84. The number of amides is 1. The maximum absolute atomic E-state index is 12.6. The SMILES string of the molecule is CC(C)(C)OC(=O)CN(C(=O)OC(C)(C)C)[C@@H](Cc1ccccc1)C(=O)O. The van der Waals surface area contributed by atoms with E-state index in [1.54, 1.807) is 65.8 Å². The number of esters is 1. The van der Waals surface area contributed by atoms with Gasteiger partial charge >= 0.3 is 18.0 Å². The van der Waals surface area contributed by atoms with E-state index in [0.29, 0.717) is 0 Å². The number of nitrogens with zero attached hydrogens (tertiary/aromatic N) is 1. The molecule has 0 saturated carbocycles. The normalized spacial score (nSPS) is 12.8. The molecule has 0 aliphatic carbocycles. The van der Waals surface area contributed by atoms with Gasteiger partial charge in [-0.15, -0.1) is 0 Å². The Hall–Kier alpha value is -2.57. The molecule has 0 unspecified atom stereocenters. The van der Waals surface area contributed by atoms with Crippen LogP contribution in [-0.4, -0.2) is 51.8 Å². The number of hydrogen-bond acceptors (Lipinski definition) is 5. The standard InChI is InChI=1S/C20H29NO6/c1-19(2,3)26-16(22)13-21(18(25)27-20(4,5)6)15(17(23)24)12-14-10-8-7-9-11-14/h7-11,15H,12-13H2,1-6H3,(H,23,24)/t15-/m0/s1. The first-order valence-corrected chi connectivity index (χ1v) is 8.77. The molecule has 1 aromatic rings. The molecule has 0 aliphatic heterocycles. The van der Waals surface area contributed by atoms with E-state index in [4.69, 9.17) is 9.47 Å². The summed E-state index contributed by atoms with van der Waals surface area (Å²) in [7, 11) is 0. The van der Waals surface area contributed by atoms with Crippen LogP contribution < -0.4 is 0 Å². The van der Waals surface area contributed by atoms with Crippen molar-refractivity contribution < 1.29 is 29.0 Å². The van der Waals surface area contributed by atoms with Gasteiger partial charge in [-0.1, -0.05) is 30.3 Å². The summed E-state index contributed by atoms with van der Waals surface area (Å²) in [4.78, 5) is 37.7. The van der Waals surface area contributed by atoms with E-state index in [9.17, 15) is 19.5 Å². The number of hydrogen-bond donors (Lipinski definition) is 1. The second-order valence-corrected chi connectivity index (χ2v) is 8.24. The van der Waals surface area contributed by atoms with Gasteiger partial charge in [-0.2, -0.15) is 0 Å². The fourth-order valence-corrected chi connectivity index (χ4v) is 2.30. The van der Waals surface area contributed by atoms with Gasteiger partial charge in [-0.05, 0) is 47.1 Å². The molecule has 27 heavy (non-hydrogen) atoms. The smallest absolute Gasteiger partial charge is 0.411 e. The van der Waals surface area contributed by atoms with Gasteiger partial charge in [0.2, 0.25) is 0 Å². The number of aliphatic carboxylic acids is 1. The van der Waals surface area contributed by atoms with Crippen LogP contribution in [0.4, 0.5) is 4.79 Å². The van der Waals surface area contributed by atoms with Gasteiger partial charge in [0.15, 0.2) is 0 Å². The van der Waals surface area contributed by atoms with E-state index in [1.807, 2.05) is 6.07 Å². The molecular weight excluding hydrogens is 350 g/mol. The minimum Gasteiger partial charge on any atom is -0.480 e. The molecule has 1 atom stereocenters. The molecule has 0 aromatic heterocycles. The highest BCUT2D eigenvalue weighted by Crippen LogP contribution is 2.17. The van der Waals surface area contributed by atoms with Crippen molar-refractivity contribution >= 4 is 18.0 Å². The maximum Gasteiger partial charge on any atom is 0.411 e. The Morgan fingerprint density at radius 2 is 1.48 bits per heavy atom. The second kappa shape index (κ2) is 8.88. The number of carbonyl (C=O) groups is 3. The topological polar surface area (TPSA) is 93.1 Å². The number of benzene rings is 1. The van der Waals surface area contributed by atoms with Crippen molar-refractivity contribution in [3.05, 3.63) is 35.9 Å². The van der Waals surface area contributed by atoms with Crippen molar-refractivity contribution in [3.8, 4) is 0 Å². The monoisotopic (exact) mass is 379 g/mol. The highest BCUT2D eigenvalue weighted by atomic mass is 16.6. The number of rotatable bonds is 6. The molecule has 1 N–H and O–H groups in total. The van der Waals surface area contributed by atoms with Crippen molar-refractivity contribution in [1.29, 1.82) is 0 Å². The van der Waals surface area contributed by atoms with Crippen molar-refractivity contribution in [1.82, 2.24) is 4.90 Å². The molecule has 7 heteroatoms. The lowest BCUT2D eigenvalue weighted by molar-refractivity contribution is -0.157. The number of carboxylic acids is 1. The van der Waals surface area contributed by atoms with Crippen molar-refractivity contribution in [2.75, 3.05) is 6.54 Å². The highest BCUT2D eigenvalue weighted by Gasteiger charge is 2.35. The largest absolute Gasteiger partial charge is 0.480 e. The van der Waals surface area contributed by atoms with E-state index >= 15 is 0 Å². The molecule has 0 fully saturated rings. The van der Waals surface area contributed by atoms with Gasteiger partial charge in [-0.25, -0.2) is 9.59 Å². The molecular formula is C20H29NO6. The minimum atomic E-state index is -1.27. The maximum atomic E-state index is 12.6. The average molecular weight is 379 g/mol. The third kappa shape index (κ3) is 8.57. The van der Waals surface area contributed by atoms with Crippen LogP contribution >= 0.6 is 0 Å². The summed E-state index contributed by atoms with van der Waals surface area (Å²) >= 11 is 0. The fraction of sp³-hybridized carbons (Fsp3) is 0.550. The molecule has 1 amide bonds. The number of carbonyl (C=O) groups excluding carboxylic acids is 2. The molecule has 0 bridgehead atoms. The summed E-state index contributed by atoms with van der Waals surface area (Å²) < 4.78 is 10.6. The Morgan fingerprint density at radius 3 is 1.93 bits per heavy atom. The van der Waals surface area contributed by atoms with Crippen LogP contribution in [0.1, 0.15) is 47.1 Å². The van der Waals surface area contributed by atoms with Gasteiger partial charge in [0.1, 0.15) is 23.8 Å². The molecule has 0 heterocycles. The van der Waals surface area contributed by atoms with Crippen LogP contribution in [-0.2, 0) is 25.5 Å². The predicted molar refractivity (Wildman–Crippen MR) is 100 cm³/mol. The molecule has 1 rings (SSSR count). The van der Waals surface area contributed by atoms with Crippen LogP contribution in [0.3, 0.4) is 0 Å². The zero-order chi connectivity index (χ0) is 20.8.